The summed E-state index contributed by atoms with van der Waals surface area (Å²) in [7, 11) is 0. The van der Waals surface area contributed by atoms with Crippen molar-refractivity contribution in [3.63, 3.8) is 0 Å². The van der Waals surface area contributed by atoms with E-state index < -0.39 is 6.03 Å². The molecular formula is C9H12N2O3. The number of imide groups is 1. The average Bonchev–Trinajstić information content (AvgIpc) is 2.17. The fraction of sp³-hybridized carbons (Fsp3) is 0.667. The Labute approximate surface area is 81.2 Å². The molecule has 0 radical (unpaired) electrons. The number of fused-ring (bicyclic) bond motifs is 1. The Kier molecular flexibility index (Phi) is 2.33. The molecule has 0 aromatic heterocycles. The van der Waals surface area contributed by atoms with Gasteiger partial charge in [-0.05, 0) is 25.2 Å². The standard InChI is InChI=1S/C9H12N2O3/c12-4-5-1-2-7-6(3-5)8(13)11-9(14)10-7/h5-6,12H,1-4H2,(H,11,13,14). The highest BCUT2D eigenvalue weighted by Gasteiger charge is 2.35. The van der Waals surface area contributed by atoms with E-state index in [1.165, 1.54) is 0 Å². The first-order valence-electron chi connectivity index (χ1n) is 4.74. The summed E-state index contributed by atoms with van der Waals surface area (Å²) in [5.41, 5.74) is 0.684. The minimum absolute atomic E-state index is 0.102. The molecule has 0 spiro atoms. The van der Waals surface area contributed by atoms with Crippen LogP contribution in [0.25, 0.3) is 0 Å². The maximum atomic E-state index is 11.4. The molecule has 14 heavy (non-hydrogen) atoms. The van der Waals surface area contributed by atoms with Gasteiger partial charge in [-0.2, -0.15) is 0 Å². The van der Waals surface area contributed by atoms with E-state index in [1.54, 1.807) is 0 Å². The zero-order valence-electron chi connectivity index (χ0n) is 7.69. The molecule has 0 aromatic carbocycles. The van der Waals surface area contributed by atoms with Gasteiger partial charge in [-0.15, -0.1) is 0 Å². The molecule has 5 nitrogen and oxygen atoms in total. The third-order valence-electron chi connectivity index (χ3n) is 2.83. The lowest BCUT2D eigenvalue weighted by Crippen LogP contribution is -2.46. The van der Waals surface area contributed by atoms with Gasteiger partial charge in [0.05, 0.1) is 5.92 Å². The Hall–Kier alpha value is -1.23. The maximum Gasteiger partial charge on any atom is 0.347 e. The molecule has 1 aliphatic heterocycles. The van der Waals surface area contributed by atoms with E-state index in [1.807, 2.05) is 0 Å². The second-order valence-corrected chi connectivity index (χ2v) is 3.77. The van der Waals surface area contributed by atoms with Crippen molar-refractivity contribution in [2.75, 3.05) is 6.61 Å². The fourth-order valence-electron chi connectivity index (χ4n) is 2.02. The maximum absolute atomic E-state index is 11.4. The highest BCUT2D eigenvalue weighted by molar-refractivity contribution is 6.16. The van der Waals surface area contributed by atoms with Crippen LogP contribution >= 0.6 is 0 Å². The Morgan fingerprint density at radius 3 is 3.00 bits per heavy atom. The number of hydrogen-bond acceptors (Lipinski definition) is 3. The molecule has 3 amide bonds. The monoisotopic (exact) mass is 196 g/mol. The first-order chi connectivity index (χ1) is 6.70. The summed E-state index contributed by atoms with van der Waals surface area (Å²) in [6, 6.07) is -0.552. The normalized spacial score (nSPS) is 31.9. The topological polar surface area (TPSA) is 78.8 Å². The number of amides is 3. The molecule has 2 N–H and O–H groups in total. The summed E-state index contributed by atoms with van der Waals surface area (Å²) < 4.78 is 0. The van der Waals surface area contributed by atoms with E-state index >= 15 is 0 Å². The van der Waals surface area contributed by atoms with Crippen LogP contribution in [-0.2, 0) is 4.79 Å². The largest absolute Gasteiger partial charge is 0.396 e. The zero-order chi connectivity index (χ0) is 10.1. The van der Waals surface area contributed by atoms with Crippen LogP contribution in [0.3, 0.4) is 0 Å². The first-order valence-corrected chi connectivity index (χ1v) is 4.74. The van der Waals surface area contributed by atoms with E-state index in [-0.39, 0.29) is 24.3 Å². The molecular weight excluding hydrogens is 184 g/mol. The van der Waals surface area contributed by atoms with Crippen molar-refractivity contribution >= 4 is 17.6 Å². The fourth-order valence-corrected chi connectivity index (χ4v) is 2.02. The van der Waals surface area contributed by atoms with E-state index in [2.05, 4.69) is 10.3 Å². The van der Waals surface area contributed by atoms with Gasteiger partial charge in [-0.3, -0.25) is 10.1 Å². The van der Waals surface area contributed by atoms with E-state index in [0.717, 1.165) is 6.42 Å². The number of nitrogens with one attached hydrogen (secondary N) is 1. The van der Waals surface area contributed by atoms with Gasteiger partial charge in [-0.1, -0.05) is 0 Å². The number of urea groups is 1. The highest BCUT2D eigenvalue weighted by atomic mass is 16.3. The zero-order valence-corrected chi connectivity index (χ0v) is 7.69. The number of aliphatic hydroxyl groups excluding tert-OH is 1. The van der Waals surface area contributed by atoms with Gasteiger partial charge < -0.3 is 5.11 Å². The molecule has 0 saturated heterocycles. The van der Waals surface area contributed by atoms with Crippen LogP contribution in [0.4, 0.5) is 4.79 Å². The van der Waals surface area contributed by atoms with E-state index in [0.29, 0.717) is 18.6 Å². The lowest BCUT2D eigenvalue weighted by Gasteiger charge is -2.30. The van der Waals surface area contributed by atoms with Crippen molar-refractivity contribution in [1.82, 2.24) is 5.32 Å². The van der Waals surface area contributed by atoms with Gasteiger partial charge in [-0.25, -0.2) is 9.79 Å². The van der Waals surface area contributed by atoms with E-state index in [9.17, 15) is 9.59 Å². The molecule has 2 atom stereocenters. The Morgan fingerprint density at radius 1 is 1.50 bits per heavy atom. The first kappa shape index (κ1) is 9.33. The Morgan fingerprint density at radius 2 is 2.29 bits per heavy atom. The second-order valence-electron chi connectivity index (χ2n) is 3.77. The molecule has 2 unspecified atom stereocenters. The molecule has 1 heterocycles. The quantitative estimate of drug-likeness (QED) is 0.623. The number of aliphatic imine (C=N–C) groups is 1. The van der Waals surface area contributed by atoms with Crippen molar-refractivity contribution in [2.45, 2.75) is 19.3 Å². The predicted octanol–water partition coefficient (Wildman–Crippen LogP) is 0.0858. The highest BCUT2D eigenvalue weighted by Crippen LogP contribution is 2.28. The number of carbonyl (C=O) groups excluding carboxylic acids is 2. The molecule has 1 saturated carbocycles. The van der Waals surface area contributed by atoms with Gasteiger partial charge in [0.25, 0.3) is 0 Å². The molecule has 1 aliphatic carbocycles. The van der Waals surface area contributed by atoms with Crippen LogP contribution in [0.1, 0.15) is 19.3 Å². The smallest absolute Gasteiger partial charge is 0.347 e. The summed E-state index contributed by atoms with van der Waals surface area (Å²) in [5.74, 6) is -0.394. The van der Waals surface area contributed by atoms with Crippen LogP contribution < -0.4 is 5.32 Å². The van der Waals surface area contributed by atoms with Crippen molar-refractivity contribution in [1.29, 1.82) is 0 Å². The van der Waals surface area contributed by atoms with Crippen molar-refractivity contribution in [2.24, 2.45) is 16.8 Å². The molecule has 2 aliphatic rings. The van der Waals surface area contributed by atoms with Crippen LogP contribution in [0.15, 0.2) is 4.99 Å². The third kappa shape index (κ3) is 1.55. The SMILES string of the molecule is O=C1N=C2CCC(CO)CC2C(=O)N1. The van der Waals surface area contributed by atoms with Gasteiger partial charge in [0.1, 0.15) is 0 Å². The van der Waals surface area contributed by atoms with Gasteiger partial charge >= 0.3 is 6.03 Å². The predicted molar refractivity (Wildman–Crippen MR) is 48.9 cm³/mol. The second kappa shape index (κ2) is 3.49. The van der Waals surface area contributed by atoms with Crippen LogP contribution in [-0.4, -0.2) is 29.4 Å². The molecule has 0 aromatic rings. The summed E-state index contributed by atoms with van der Waals surface area (Å²) in [6.45, 7) is 0.102. The van der Waals surface area contributed by atoms with Crippen LogP contribution in [0, 0.1) is 11.8 Å². The Bertz CT molecular complexity index is 311. The minimum atomic E-state index is -0.552. The van der Waals surface area contributed by atoms with Crippen LogP contribution in [0.5, 0.6) is 0 Å². The van der Waals surface area contributed by atoms with Crippen molar-refractivity contribution in [3.8, 4) is 0 Å². The van der Waals surface area contributed by atoms with Gasteiger partial charge in [0.15, 0.2) is 0 Å². The third-order valence-corrected chi connectivity index (χ3v) is 2.83. The number of nitrogens with zero attached hydrogens (tertiary/aromatic N) is 1. The summed E-state index contributed by atoms with van der Waals surface area (Å²) >= 11 is 0. The number of hydrogen-bond donors (Lipinski definition) is 2. The lowest BCUT2D eigenvalue weighted by molar-refractivity contribution is -0.122. The van der Waals surface area contributed by atoms with E-state index in [4.69, 9.17) is 5.11 Å². The number of aliphatic hydroxyl groups is 1. The molecule has 5 heteroatoms. The Balaban J connectivity index is 2.18. The van der Waals surface area contributed by atoms with Gasteiger partial charge in [0, 0.05) is 12.3 Å². The molecule has 0 bridgehead atoms. The summed E-state index contributed by atoms with van der Waals surface area (Å²) in [6.07, 6.45) is 2.07. The summed E-state index contributed by atoms with van der Waals surface area (Å²) in [5, 5.41) is 11.2. The van der Waals surface area contributed by atoms with Crippen molar-refractivity contribution in [3.05, 3.63) is 0 Å². The van der Waals surface area contributed by atoms with Crippen LogP contribution in [0.2, 0.25) is 0 Å². The molecule has 1 fully saturated rings. The average molecular weight is 196 g/mol. The number of carbonyl (C=O) groups is 2. The van der Waals surface area contributed by atoms with Crippen molar-refractivity contribution < 1.29 is 14.7 Å². The molecule has 76 valence electrons. The molecule has 2 rings (SSSR count). The summed E-state index contributed by atoms with van der Waals surface area (Å²) in [4.78, 5) is 26.1. The van der Waals surface area contributed by atoms with Gasteiger partial charge in [0.2, 0.25) is 5.91 Å². The minimum Gasteiger partial charge on any atom is -0.396 e. The number of rotatable bonds is 1. The lowest BCUT2D eigenvalue weighted by atomic mass is 9.79.